The molecule has 0 bridgehead atoms. The molecule has 0 radical (unpaired) electrons. The molecule has 1 aromatic rings. The summed E-state index contributed by atoms with van der Waals surface area (Å²) in [6, 6.07) is 4.31. The number of hydrogen-bond acceptors (Lipinski definition) is 4. The number of amides is 2. The predicted octanol–water partition coefficient (Wildman–Crippen LogP) is 1.95. The Kier molecular flexibility index (Phi) is 6.01. The number of carbonyl (C=O) groups excluding carboxylic acids is 2. The molecule has 1 unspecified atom stereocenters. The molecule has 148 valence electrons. The van der Waals surface area contributed by atoms with Crippen LogP contribution >= 0.6 is 0 Å². The minimum atomic E-state index is -4.42. The summed E-state index contributed by atoms with van der Waals surface area (Å²) < 4.78 is 38.8. The quantitative estimate of drug-likeness (QED) is 0.861. The number of hydrogen-bond donors (Lipinski definition) is 1. The van der Waals surface area contributed by atoms with Crippen LogP contribution in [0.15, 0.2) is 24.3 Å². The first-order chi connectivity index (χ1) is 12.8. The van der Waals surface area contributed by atoms with Gasteiger partial charge in [0, 0.05) is 26.2 Å². The fourth-order valence-electron chi connectivity index (χ4n) is 3.31. The molecule has 2 aliphatic heterocycles. The van der Waals surface area contributed by atoms with Crippen LogP contribution in [0.4, 0.5) is 13.2 Å². The SMILES string of the molecule is O=C1NCCN(Cc2cccc(C(F)(F)F)c2)C1CC(=O)N1CCCCO1. The van der Waals surface area contributed by atoms with Gasteiger partial charge < -0.3 is 5.32 Å². The Morgan fingerprint density at radius 1 is 1.26 bits per heavy atom. The minimum absolute atomic E-state index is 0.0647. The maximum Gasteiger partial charge on any atom is 0.416 e. The van der Waals surface area contributed by atoms with Gasteiger partial charge in [-0.2, -0.15) is 13.2 Å². The van der Waals surface area contributed by atoms with Gasteiger partial charge in [0.1, 0.15) is 0 Å². The molecule has 2 heterocycles. The normalized spacial score (nSPS) is 21.8. The number of halogens is 3. The smallest absolute Gasteiger partial charge is 0.353 e. The van der Waals surface area contributed by atoms with Crippen LogP contribution in [0.25, 0.3) is 0 Å². The molecule has 2 saturated heterocycles. The average molecular weight is 385 g/mol. The molecular formula is C18H22F3N3O3. The Balaban J connectivity index is 1.70. The molecule has 1 aromatic carbocycles. The summed E-state index contributed by atoms with van der Waals surface area (Å²) >= 11 is 0. The Hall–Kier alpha value is -2.13. The lowest BCUT2D eigenvalue weighted by Gasteiger charge is -2.36. The molecular weight excluding hydrogens is 363 g/mol. The number of benzene rings is 1. The molecule has 0 spiro atoms. The van der Waals surface area contributed by atoms with E-state index in [1.165, 1.54) is 11.1 Å². The molecule has 2 fully saturated rings. The van der Waals surface area contributed by atoms with E-state index in [1.54, 1.807) is 11.0 Å². The summed E-state index contributed by atoms with van der Waals surface area (Å²) in [4.78, 5) is 31.8. The van der Waals surface area contributed by atoms with E-state index in [9.17, 15) is 22.8 Å². The van der Waals surface area contributed by atoms with Crippen LogP contribution in [0.3, 0.4) is 0 Å². The lowest BCUT2D eigenvalue weighted by Crippen LogP contribution is -2.56. The van der Waals surface area contributed by atoms with Crippen LogP contribution in [-0.4, -0.2) is 54.1 Å². The molecule has 0 aromatic heterocycles. The van der Waals surface area contributed by atoms with Crippen LogP contribution in [0, 0.1) is 0 Å². The second-order valence-corrected chi connectivity index (χ2v) is 6.72. The first-order valence-corrected chi connectivity index (χ1v) is 8.96. The number of carbonyl (C=O) groups is 2. The molecule has 2 amide bonds. The van der Waals surface area contributed by atoms with E-state index in [1.807, 2.05) is 0 Å². The highest BCUT2D eigenvalue weighted by Gasteiger charge is 2.34. The zero-order chi connectivity index (χ0) is 19.4. The fraction of sp³-hybridized carbons (Fsp3) is 0.556. The monoisotopic (exact) mass is 385 g/mol. The molecule has 2 aliphatic rings. The molecule has 3 rings (SSSR count). The molecule has 1 atom stereocenters. The Morgan fingerprint density at radius 2 is 2.07 bits per heavy atom. The van der Waals surface area contributed by atoms with Gasteiger partial charge in [0.15, 0.2) is 0 Å². The molecule has 9 heteroatoms. The molecule has 0 aliphatic carbocycles. The van der Waals surface area contributed by atoms with E-state index in [0.717, 1.165) is 25.0 Å². The van der Waals surface area contributed by atoms with Crippen molar-refractivity contribution in [2.24, 2.45) is 0 Å². The molecule has 6 nitrogen and oxygen atoms in total. The van der Waals surface area contributed by atoms with Gasteiger partial charge in [-0.05, 0) is 24.5 Å². The summed E-state index contributed by atoms with van der Waals surface area (Å²) in [7, 11) is 0. The van der Waals surface area contributed by atoms with Gasteiger partial charge in [0.2, 0.25) is 11.8 Å². The maximum absolute atomic E-state index is 12.9. The van der Waals surface area contributed by atoms with E-state index in [2.05, 4.69) is 5.32 Å². The number of hydroxylamine groups is 2. The van der Waals surface area contributed by atoms with E-state index < -0.39 is 17.8 Å². The zero-order valence-electron chi connectivity index (χ0n) is 14.8. The Labute approximate surface area is 155 Å². The van der Waals surface area contributed by atoms with E-state index in [4.69, 9.17) is 4.84 Å². The third kappa shape index (κ3) is 4.98. The standard InChI is InChI=1S/C18H22F3N3O3/c19-18(20,21)14-5-3-4-13(10-14)12-23-8-6-22-17(26)15(23)11-16(25)24-7-1-2-9-27-24/h3-5,10,15H,1-2,6-9,11-12H2,(H,22,26). The minimum Gasteiger partial charge on any atom is -0.353 e. The highest BCUT2D eigenvalue weighted by atomic mass is 19.4. The fourth-order valence-corrected chi connectivity index (χ4v) is 3.31. The van der Waals surface area contributed by atoms with Crippen LogP contribution < -0.4 is 5.32 Å². The van der Waals surface area contributed by atoms with Gasteiger partial charge in [0.25, 0.3) is 0 Å². The van der Waals surface area contributed by atoms with Crippen molar-refractivity contribution in [1.29, 1.82) is 0 Å². The van der Waals surface area contributed by atoms with E-state index >= 15 is 0 Å². The van der Waals surface area contributed by atoms with Crippen molar-refractivity contribution >= 4 is 11.8 Å². The van der Waals surface area contributed by atoms with Crippen molar-refractivity contribution in [3.8, 4) is 0 Å². The number of rotatable bonds is 4. The summed E-state index contributed by atoms with van der Waals surface area (Å²) in [5.74, 6) is -0.579. The van der Waals surface area contributed by atoms with Gasteiger partial charge in [0.05, 0.1) is 24.6 Å². The zero-order valence-corrected chi connectivity index (χ0v) is 14.8. The van der Waals surface area contributed by atoms with E-state index in [-0.39, 0.29) is 24.8 Å². The topological polar surface area (TPSA) is 61.9 Å². The Morgan fingerprint density at radius 3 is 2.78 bits per heavy atom. The average Bonchev–Trinajstić information content (AvgIpc) is 2.65. The van der Waals surface area contributed by atoms with Gasteiger partial charge in [-0.25, -0.2) is 5.06 Å². The van der Waals surface area contributed by atoms with Gasteiger partial charge in [-0.3, -0.25) is 19.3 Å². The Bertz CT molecular complexity index is 690. The van der Waals surface area contributed by atoms with Crippen molar-refractivity contribution in [2.75, 3.05) is 26.2 Å². The second kappa shape index (κ2) is 8.26. The van der Waals surface area contributed by atoms with E-state index in [0.29, 0.717) is 31.8 Å². The predicted molar refractivity (Wildman–Crippen MR) is 90.2 cm³/mol. The van der Waals surface area contributed by atoms with Crippen molar-refractivity contribution in [2.45, 2.75) is 38.0 Å². The lowest BCUT2D eigenvalue weighted by atomic mass is 10.0. The van der Waals surface area contributed by atoms with Gasteiger partial charge >= 0.3 is 6.18 Å². The third-order valence-corrected chi connectivity index (χ3v) is 4.73. The van der Waals surface area contributed by atoms with Gasteiger partial charge in [-0.1, -0.05) is 18.2 Å². The number of nitrogens with zero attached hydrogens (tertiary/aromatic N) is 2. The summed E-state index contributed by atoms with van der Waals surface area (Å²) in [5, 5.41) is 4.01. The van der Waals surface area contributed by atoms with Gasteiger partial charge in [-0.15, -0.1) is 0 Å². The largest absolute Gasteiger partial charge is 0.416 e. The van der Waals surface area contributed by atoms with Crippen molar-refractivity contribution in [1.82, 2.24) is 15.3 Å². The first-order valence-electron chi connectivity index (χ1n) is 8.96. The highest BCUT2D eigenvalue weighted by molar-refractivity contribution is 5.88. The summed E-state index contributed by atoms with van der Waals surface area (Å²) in [6.45, 7) is 1.97. The van der Waals surface area contributed by atoms with Crippen molar-refractivity contribution < 1.29 is 27.6 Å². The number of piperazine rings is 1. The van der Waals surface area contributed by atoms with Crippen LogP contribution in [-0.2, 0) is 27.1 Å². The second-order valence-electron chi connectivity index (χ2n) is 6.72. The summed E-state index contributed by atoms with van der Waals surface area (Å²) in [5.41, 5.74) is -0.276. The van der Waals surface area contributed by atoms with Crippen molar-refractivity contribution in [3.05, 3.63) is 35.4 Å². The molecule has 27 heavy (non-hydrogen) atoms. The number of nitrogens with one attached hydrogen (secondary N) is 1. The first kappa shape index (κ1) is 19.6. The van der Waals surface area contributed by atoms with Crippen LogP contribution in [0.5, 0.6) is 0 Å². The maximum atomic E-state index is 12.9. The molecule has 0 saturated carbocycles. The van der Waals surface area contributed by atoms with Crippen molar-refractivity contribution in [3.63, 3.8) is 0 Å². The third-order valence-electron chi connectivity index (χ3n) is 4.73. The van der Waals surface area contributed by atoms with Crippen LogP contribution in [0.2, 0.25) is 0 Å². The summed E-state index contributed by atoms with van der Waals surface area (Å²) in [6.07, 6.45) is -2.76. The molecule has 1 N–H and O–H groups in total. The lowest BCUT2D eigenvalue weighted by molar-refractivity contribution is -0.198. The number of alkyl halides is 3. The van der Waals surface area contributed by atoms with Crippen LogP contribution in [0.1, 0.15) is 30.4 Å². The highest BCUT2D eigenvalue weighted by Crippen LogP contribution is 2.30.